The molecule has 0 bridgehead atoms. The first-order valence-corrected chi connectivity index (χ1v) is 10.3. The molecule has 30 heavy (non-hydrogen) atoms. The van der Waals surface area contributed by atoms with Crippen LogP contribution in [0.15, 0.2) is 47.5 Å². The lowest BCUT2D eigenvalue weighted by atomic mass is 10.2. The fraction of sp³-hybridized carbons (Fsp3) is 0.158. The second-order valence-corrected chi connectivity index (χ2v) is 8.17. The summed E-state index contributed by atoms with van der Waals surface area (Å²) in [6, 6.07) is 8.26. The van der Waals surface area contributed by atoms with Gasteiger partial charge in [-0.1, -0.05) is 17.7 Å². The van der Waals surface area contributed by atoms with E-state index in [-0.39, 0.29) is 38.5 Å². The van der Waals surface area contributed by atoms with Gasteiger partial charge in [-0.05, 0) is 24.3 Å². The fourth-order valence-electron chi connectivity index (χ4n) is 2.74. The highest BCUT2D eigenvalue weighted by molar-refractivity contribution is 7.90. The van der Waals surface area contributed by atoms with Crippen molar-refractivity contribution in [2.24, 2.45) is 7.05 Å². The van der Waals surface area contributed by atoms with Crippen LogP contribution in [0.5, 0.6) is 11.5 Å². The molecule has 0 spiro atoms. The maximum Gasteiger partial charge on any atom is 0.285 e. The van der Waals surface area contributed by atoms with Gasteiger partial charge in [0.1, 0.15) is 33.7 Å². The Balaban J connectivity index is 1.96. The zero-order valence-electron chi connectivity index (χ0n) is 16.1. The number of amides is 1. The van der Waals surface area contributed by atoms with Crippen molar-refractivity contribution in [1.82, 2.24) is 14.3 Å². The predicted octanol–water partition coefficient (Wildman–Crippen LogP) is 3.02. The molecular formula is C19H17ClFN3O5S. The van der Waals surface area contributed by atoms with Crippen molar-refractivity contribution in [1.29, 1.82) is 0 Å². The number of benzene rings is 2. The zero-order valence-corrected chi connectivity index (χ0v) is 17.7. The van der Waals surface area contributed by atoms with Gasteiger partial charge >= 0.3 is 0 Å². The highest BCUT2D eigenvalue weighted by Gasteiger charge is 2.26. The molecule has 0 saturated carbocycles. The fourth-order valence-corrected chi connectivity index (χ4v) is 4.14. The molecule has 0 atom stereocenters. The number of halogens is 2. The van der Waals surface area contributed by atoms with E-state index in [9.17, 15) is 17.6 Å². The van der Waals surface area contributed by atoms with Gasteiger partial charge in [0.05, 0.1) is 24.8 Å². The average molecular weight is 454 g/mol. The number of nitrogens with zero attached hydrogens (tertiary/aromatic N) is 2. The SMILES string of the molecule is COc1ccc(OC)c(S(=O)(=O)NC(=O)c2cn(C)c(-c3c(F)cccc3Cl)n2)c1. The standard InChI is InChI=1S/C19H17ClFN3O5S/c1-24-10-14(22-18(24)17-12(20)5-4-6-13(17)21)19(25)23-30(26,27)16-9-11(28-2)7-8-15(16)29-3/h4-10H,1-3H3,(H,23,25). The number of hydrogen-bond acceptors (Lipinski definition) is 6. The number of carbonyl (C=O) groups is 1. The van der Waals surface area contributed by atoms with Crippen LogP contribution in [0.1, 0.15) is 10.5 Å². The molecule has 2 aromatic carbocycles. The molecule has 1 amide bonds. The van der Waals surface area contributed by atoms with E-state index in [0.29, 0.717) is 0 Å². The molecule has 0 saturated heterocycles. The number of carbonyl (C=O) groups excluding carboxylic acids is 1. The van der Waals surface area contributed by atoms with Gasteiger partial charge in [-0.2, -0.15) is 0 Å². The number of hydrogen-bond donors (Lipinski definition) is 1. The number of imidazole rings is 1. The van der Waals surface area contributed by atoms with Crippen LogP contribution < -0.4 is 14.2 Å². The summed E-state index contributed by atoms with van der Waals surface area (Å²) in [6.07, 6.45) is 1.27. The van der Waals surface area contributed by atoms with Crippen molar-refractivity contribution in [3.63, 3.8) is 0 Å². The summed E-state index contributed by atoms with van der Waals surface area (Å²) >= 11 is 6.06. The summed E-state index contributed by atoms with van der Waals surface area (Å²) in [7, 11) is -0.120. The number of aromatic nitrogens is 2. The Labute approximate surface area is 177 Å². The van der Waals surface area contributed by atoms with E-state index in [1.807, 2.05) is 4.72 Å². The molecule has 0 unspecified atom stereocenters. The number of methoxy groups -OCH3 is 2. The summed E-state index contributed by atoms with van der Waals surface area (Å²) in [5.41, 5.74) is -0.240. The first-order chi connectivity index (χ1) is 14.2. The van der Waals surface area contributed by atoms with E-state index >= 15 is 0 Å². The normalized spacial score (nSPS) is 11.2. The van der Waals surface area contributed by atoms with Crippen LogP contribution in [0.2, 0.25) is 5.02 Å². The molecule has 1 N–H and O–H groups in total. The average Bonchev–Trinajstić information content (AvgIpc) is 3.08. The number of sulfonamides is 1. The van der Waals surface area contributed by atoms with Crippen LogP contribution in [-0.4, -0.2) is 38.1 Å². The lowest BCUT2D eigenvalue weighted by molar-refractivity contribution is 0.0977. The molecule has 1 aromatic heterocycles. The molecule has 1 heterocycles. The van der Waals surface area contributed by atoms with Crippen LogP contribution in [0.3, 0.4) is 0 Å². The van der Waals surface area contributed by atoms with E-state index in [1.165, 1.54) is 68.4 Å². The van der Waals surface area contributed by atoms with Gasteiger partial charge in [0.15, 0.2) is 0 Å². The lowest BCUT2D eigenvalue weighted by Gasteiger charge is -2.11. The topological polar surface area (TPSA) is 99.5 Å². The van der Waals surface area contributed by atoms with Gasteiger partial charge in [-0.25, -0.2) is 22.5 Å². The predicted molar refractivity (Wildman–Crippen MR) is 108 cm³/mol. The van der Waals surface area contributed by atoms with Gasteiger partial charge in [0.25, 0.3) is 15.9 Å². The van der Waals surface area contributed by atoms with Gasteiger partial charge in [0, 0.05) is 19.3 Å². The monoisotopic (exact) mass is 453 g/mol. The molecule has 0 aliphatic rings. The van der Waals surface area contributed by atoms with E-state index in [4.69, 9.17) is 21.1 Å². The highest BCUT2D eigenvalue weighted by atomic mass is 35.5. The summed E-state index contributed by atoms with van der Waals surface area (Å²) in [4.78, 5) is 16.4. The van der Waals surface area contributed by atoms with Crippen LogP contribution in [0.25, 0.3) is 11.4 Å². The van der Waals surface area contributed by atoms with E-state index in [1.54, 1.807) is 0 Å². The molecule has 0 radical (unpaired) electrons. The third-order valence-electron chi connectivity index (χ3n) is 4.18. The van der Waals surface area contributed by atoms with Crippen molar-refractivity contribution >= 4 is 27.5 Å². The van der Waals surface area contributed by atoms with Crippen molar-refractivity contribution in [3.05, 3.63) is 59.1 Å². The second-order valence-electron chi connectivity index (χ2n) is 6.11. The highest BCUT2D eigenvalue weighted by Crippen LogP contribution is 2.30. The van der Waals surface area contributed by atoms with E-state index in [2.05, 4.69) is 4.98 Å². The van der Waals surface area contributed by atoms with Crippen molar-refractivity contribution in [2.45, 2.75) is 4.90 Å². The second kappa shape index (κ2) is 8.33. The molecule has 158 valence electrons. The summed E-state index contributed by atoms with van der Waals surface area (Å²) in [5, 5.41) is 0.101. The first kappa shape index (κ1) is 21.6. The minimum absolute atomic E-state index is 0.00182. The van der Waals surface area contributed by atoms with Gasteiger partial charge in [-0.15, -0.1) is 0 Å². The number of aryl methyl sites for hydroxylation is 1. The van der Waals surface area contributed by atoms with Crippen molar-refractivity contribution in [3.8, 4) is 22.9 Å². The molecule has 3 aromatic rings. The van der Waals surface area contributed by atoms with E-state index in [0.717, 1.165) is 0 Å². The minimum atomic E-state index is -4.32. The zero-order chi connectivity index (χ0) is 22.1. The van der Waals surface area contributed by atoms with Crippen LogP contribution in [-0.2, 0) is 17.1 Å². The van der Waals surface area contributed by atoms with Gasteiger partial charge in [0.2, 0.25) is 0 Å². The van der Waals surface area contributed by atoms with Crippen LogP contribution >= 0.6 is 11.6 Å². The molecule has 11 heteroatoms. The Hall–Kier alpha value is -3.11. The number of ether oxygens (including phenoxy) is 2. The molecule has 3 rings (SSSR count). The Morgan fingerprint density at radius 2 is 1.93 bits per heavy atom. The smallest absolute Gasteiger partial charge is 0.285 e. The van der Waals surface area contributed by atoms with Crippen LogP contribution in [0, 0.1) is 5.82 Å². The molecule has 0 aliphatic heterocycles. The third-order valence-corrected chi connectivity index (χ3v) is 5.85. The first-order valence-electron chi connectivity index (χ1n) is 8.45. The molecule has 0 fully saturated rings. The van der Waals surface area contributed by atoms with Crippen LogP contribution in [0.4, 0.5) is 4.39 Å². The van der Waals surface area contributed by atoms with E-state index < -0.39 is 21.7 Å². The molecule has 0 aliphatic carbocycles. The minimum Gasteiger partial charge on any atom is -0.497 e. The maximum atomic E-state index is 14.2. The van der Waals surface area contributed by atoms with Crippen molar-refractivity contribution in [2.75, 3.05) is 14.2 Å². The maximum absolute atomic E-state index is 14.2. The Bertz CT molecular complexity index is 1210. The lowest BCUT2D eigenvalue weighted by Crippen LogP contribution is -2.31. The molecule has 8 nitrogen and oxygen atoms in total. The van der Waals surface area contributed by atoms with Gasteiger partial charge in [-0.3, -0.25) is 4.79 Å². The van der Waals surface area contributed by atoms with Gasteiger partial charge < -0.3 is 14.0 Å². The summed E-state index contributed by atoms with van der Waals surface area (Å²) < 4.78 is 53.1. The largest absolute Gasteiger partial charge is 0.497 e. The Kier molecular flexibility index (Phi) is 5.99. The Morgan fingerprint density at radius 1 is 1.20 bits per heavy atom. The number of rotatable bonds is 6. The number of nitrogens with one attached hydrogen (secondary N) is 1. The third kappa shape index (κ3) is 4.10. The molecular weight excluding hydrogens is 437 g/mol. The van der Waals surface area contributed by atoms with Crippen molar-refractivity contribution < 1.29 is 27.1 Å². The summed E-state index contributed by atoms with van der Waals surface area (Å²) in [5.74, 6) is -1.28. The Morgan fingerprint density at radius 3 is 2.57 bits per heavy atom. The quantitative estimate of drug-likeness (QED) is 0.616. The summed E-state index contributed by atoms with van der Waals surface area (Å²) in [6.45, 7) is 0.